The fourth-order valence-corrected chi connectivity index (χ4v) is 17.9. The minimum absolute atomic E-state index is 0. The van der Waals surface area contributed by atoms with E-state index in [1.165, 1.54) is 29.5 Å². The molecule has 3 aliphatic carbocycles. The minimum atomic E-state index is -3.81. The van der Waals surface area contributed by atoms with E-state index in [9.17, 15) is 31.2 Å². The summed E-state index contributed by atoms with van der Waals surface area (Å²) in [5.41, 5.74) is 20.8. The molecule has 652 valence electrons. The summed E-state index contributed by atoms with van der Waals surface area (Å²) in [4.78, 5) is 56.4. The van der Waals surface area contributed by atoms with Gasteiger partial charge >= 0.3 is 5.97 Å². The number of carbonyl (C=O) groups excluding carboxylic acids is 2. The third-order valence-electron chi connectivity index (χ3n) is 24.3. The fourth-order valence-electron chi connectivity index (χ4n) is 15.3. The first-order valence-corrected chi connectivity index (χ1v) is 42.2. The predicted molar refractivity (Wildman–Crippen MR) is 513 cm³/mol. The van der Waals surface area contributed by atoms with Gasteiger partial charge in [0.2, 0.25) is 11.8 Å². The number of aromatic amines is 1. The number of carboxylic acids is 1. The summed E-state index contributed by atoms with van der Waals surface area (Å²) < 4.78 is 54.9. The number of likely N-dealkylation sites (N-methyl/N-ethyl adjacent to an activating group) is 3. The number of nitrogens with zero attached hydrogens (tertiary/aromatic N) is 11. The Balaban J connectivity index is 0.000000293. The Hall–Kier alpha value is -7.79. The number of rotatable bonds is 30. The number of amides is 2. The zero-order valence-electron chi connectivity index (χ0n) is 71.4. The highest BCUT2D eigenvalue weighted by Gasteiger charge is 2.48. The van der Waals surface area contributed by atoms with Gasteiger partial charge in [0, 0.05) is 110 Å². The van der Waals surface area contributed by atoms with Gasteiger partial charge in [-0.05, 0) is 274 Å². The van der Waals surface area contributed by atoms with Crippen LogP contribution in [-0.2, 0) is 53.7 Å². The van der Waals surface area contributed by atoms with Crippen molar-refractivity contribution < 1.29 is 36.3 Å². The molecule has 3 fully saturated rings. The topological polar surface area (TPSA) is 303 Å². The van der Waals surface area contributed by atoms with E-state index in [1.807, 2.05) is 123 Å². The molecule has 0 saturated heterocycles. The lowest BCUT2D eigenvalue weighted by molar-refractivity contribution is -0.138. The predicted octanol–water partition coefficient (Wildman–Crippen LogP) is 14.1. The molecule has 6 aromatic heterocycles. The number of H-pyrrole nitrogens is 1. The van der Waals surface area contributed by atoms with Gasteiger partial charge in [0.05, 0.1) is 51.4 Å². The van der Waals surface area contributed by atoms with Crippen molar-refractivity contribution in [2.75, 3.05) is 61.9 Å². The van der Waals surface area contributed by atoms with Crippen molar-refractivity contribution in [1.29, 1.82) is 0 Å². The van der Waals surface area contributed by atoms with Gasteiger partial charge in [0.15, 0.2) is 0 Å². The SMILES string of the molecule is CC1([C@H](CC(=O)O)c2cccnc2)CC1.Cc1c(C[C@@H](CNC(=O)C[C@H](c2cccnc2)C2(C)CC2)N(C)C)ccc2[nH]ncc12.Cc1ccc(S(=O)(=O)n2ncc3c(C)c(C[C@@H](CN)N(C)C)ccc32)cc1.Cc1ccc(S(=O)(=O)n2ncc3c(C)c(C[C@@H](CNC(=O)C[C@H](c4cccnc4)C4(C)CC4)N(C)C)ccc32)cc1.S.S.S.S.S.S. The monoisotopic (exact) mass is 1790 g/mol. The van der Waals surface area contributed by atoms with Crippen LogP contribution in [0, 0.1) is 50.9 Å². The first-order chi connectivity index (χ1) is 54.2. The Morgan fingerprint density at radius 2 is 0.792 bits per heavy atom. The minimum Gasteiger partial charge on any atom is -0.481 e. The maximum atomic E-state index is 13.3. The van der Waals surface area contributed by atoms with Crippen LogP contribution in [0.3, 0.4) is 0 Å². The fraction of sp³-hybridized carbons (Fsp3) is 0.427. The molecule has 0 aliphatic heterocycles. The van der Waals surface area contributed by atoms with Gasteiger partial charge in [0.1, 0.15) is 0 Å². The van der Waals surface area contributed by atoms with Crippen LogP contribution in [-0.4, -0.2) is 178 Å². The van der Waals surface area contributed by atoms with Crippen molar-refractivity contribution in [3.05, 3.63) is 238 Å². The lowest BCUT2D eigenvalue weighted by atomic mass is 9.82. The van der Waals surface area contributed by atoms with Gasteiger partial charge in [0.25, 0.3) is 20.0 Å². The van der Waals surface area contributed by atoms with E-state index in [-0.39, 0.29) is 161 Å². The van der Waals surface area contributed by atoms with E-state index in [0.717, 1.165) is 113 Å². The zero-order chi connectivity index (χ0) is 82.0. The van der Waals surface area contributed by atoms with Crippen LogP contribution < -0.4 is 16.4 Å². The van der Waals surface area contributed by atoms with Crippen molar-refractivity contribution in [2.24, 2.45) is 22.0 Å². The van der Waals surface area contributed by atoms with Crippen molar-refractivity contribution in [3.8, 4) is 0 Å². The van der Waals surface area contributed by atoms with Crippen molar-refractivity contribution >= 4 is 152 Å². The average molecular weight is 1790 g/mol. The second-order valence-corrected chi connectivity index (χ2v) is 36.7. The van der Waals surface area contributed by atoms with Crippen molar-refractivity contribution in [3.63, 3.8) is 0 Å². The van der Waals surface area contributed by atoms with Crippen molar-refractivity contribution in [1.82, 2.24) is 68.9 Å². The van der Waals surface area contributed by atoms with Gasteiger partial charge in [-0.2, -0.15) is 121 Å². The van der Waals surface area contributed by atoms with Crippen LogP contribution in [0.15, 0.2) is 187 Å². The molecule has 6 atom stereocenters. The molecule has 23 nitrogen and oxygen atoms in total. The van der Waals surface area contributed by atoms with Gasteiger partial charge in [-0.25, -0.2) is 0 Å². The summed E-state index contributed by atoms with van der Waals surface area (Å²) in [5.74, 6) is -0.0544. The molecular weight excluding hydrogens is 1660 g/mol. The first kappa shape index (κ1) is 103. The molecule has 31 heteroatoms. The largest absolute Gasteiger partial charge is 0.481 e. The smallest absolute Gasteiger partial charge is 0.303 e. The zero-order valence-corrected chi connectivity index (χ0v) is 79.1. The molecule has 14 rings (SSSR count). The van der Waals surface area contributed by atoms with Gasteiger partial charge in [-0.3, -0.25) is 34.4 Å². The van der Waals surface area contributed by atoms with Crippen LogP contribution in [0.5, 0.6) is 0 Å². The maximum Gasteiger partial charge on any atom is 0.303 e. The third-order valence-corrected chi connectivity index (χ3v) is 27.5. The molecule has 2 amide bonds. The van der Waals surface area contributed by atoms with Gasteiger partial charge in [-0.15, -0.1) is 0 Å². The third kappa shape index (κ3) is 25.2. The summed E-state index contributed by atoms with van der Waals surface area (Å²) in [6.45, 7) is 18.4. The number of nitrogens with one attached hydrogen (secondary N) is 3. The van der Waals surface area contributed by atoms with Crippen LogP contribution in [0.25, 0.3) is 32.7 Å². The highest BCUT2D eigenvalue weighted by Crippen LogP contribution is 2.59. The molecule has 5 aromatic carbocycles. The Morgan fingerprint density at radius 3 is 1.11 bits per heavy atom. The van der Waals surface area contributed by atoms with E-state index in [2.05, 4.69) is 127 Å². The quantitative estimate of drug-likeness (QED) is 0.0279. The molecule has 0 bridgehead atoms. The van der Waals surface area contributed by atoms with Gasteiger partial charge < -0.3 is 36.2 Å². The van der Waals surface area contributed by atoms with E-state index in [1.54, 1.807) is 85.7 Å². The molecule has 120 heavy (non-hydrogen) atoms. The molecule has 6 heterocycles. The highest BCUT2D eigenvalue weighted by atomic mass is 32.2. The normalized spacial score (nSPS) is 15.3. The number of benzene rings is 5. The second-order valence-electron chi connectivity index (χ2n) is 33.2. The average Bonchev–Trinajstić information content (AvgIpc) is 1.57. The number of hydrogen-bond donors (Lipinski definition) is 5. The molecule has 11 aromatic rings. The Kier molecular flexibility index (Phi) is 38.1. The number of carbonyl (C=O) groups is 3. The molecule has 3 aliphatic rings. The number of hydrogen-bond acceptors (Lipinski definition) is 17. The summed E-state index contributed by atoms with van der Waals surface area (Å²) in [7, 11) is 4.66. The van der Waals surface area contributed by atoms with E-state index in [4.69, 9.17) is 10.8 Å². The lowest BCUT2D eigenvalue weighted by Crippen LogP contribution is -2.42. The summed E-state index contributed by atoms with van der Waals surface area (Å²) >= 11 is 0. The first-order valence-electron chi connectivity index (χ1n) is 39.4. The molecule has 0 radical (unpaired) electrons. The Labute approximate surface area is 751 Å². The van der Waals surface area contributed by atoms with E-state index in [0.29, 0.717) is 49.9 Å². The van der Waals surface area contributed by atoms with E-state index >= 15 is 0 Å². The second kappa shape index (κ2) is 44.5. The van der Waals surface area contributed by atoms with Gasteiger partial charge in [-0.1, -0.05) is 92.6 Å². The molecule has 0 spiro atoms. The van der Waals surface area contributed by atoms with Crippen molar-refractivity contribution in [2.45, 2.75) is 178 Å². The van der Waals surface area contributed by atoms with E-state index < -0.39 is 26.0 Å². The molecule has 3 saturated carbocycles. The Morgan fingerprint density at radius 1 is 0.458 bits per heavy atom. The number of aryl methyl sites for hydroxylation is 5. The standard InChI is InChI=1S/C32H39N5O3S.C25H33N5O.C20H26N4O2S.C12H15NO2.6H2S/c1-22-8-11-27(12-9-22)41(39,40)37-30-13-10-24(23(2)28(30)21-35-37)17-26(36(4)5)20-34-31(38)18-29(32(3)14-15-32)25-7-6-16-33-19-25;1-17-18(7-8-23-21(17)16-28-29-23)12-20(30(3)4)15-27-24(31)13-22(25(2)9-10-25)19-6-5-11-26-14-19;1-14-5-8-18(9-6-14)27(25,26)24-20-10-7-16(11-17(12-21)23(3)4)15(2)19(20)13-22-24;1-12(4-5-12)10(7-11(14)15)9-3-2-6-13-8-9;;;;;;/h6-13,16,19,21,26,29H,14-15,17-18,20H2,1-5H3,(H,34,38);5-8,11,14,16,20,22H,9-10,12-13,15H2,1-4H3,(H,27,31)(H,28,29);5-10,13,17H,11-12,21H2,1-4H3;2-3,6,8,10H,4-5,7H2,1H3,(H,14,15);6*1H2/t26-,29+;20-,22+;17-;10-;;;;;;/m0001....../s1. The molecular formula is C89H125N15O8S8. The van der Waals surface area contributed by atoms with Crippen LogP contribution in [0.4, 0.5) is 0 Å². The number of nitrogens with two attached hydrogens (primary N) is 1. The number of fused-ring (bicyclic) bond motifs is 3. The maximum absolute atomic E-state index is 13.3. The number of aromatic nitrogens is 9. The molecule has 6 N–H and O–H groups in total. The number of aliphatic carboxylic acids is 1. The molecule has 0 unspecified atom stereocenters. The number of carboxylic acid groups (broad SMARTS) is 1. The van der Waals surface area contributed by atoms with Crippen LogP contribution in [0.2, 0.25) is 0 Å². The van der Waals surface area contributed by atoms with Crippen LogP contribution >= 0.6 is 81.0 Å². The summed E-state index contributed by atoms with van der Waals surface area (Å²) in [5, 5.41) is 33.8. The highest BCUT2D eigenvalue weighted by molar-refractivity contribution is 7.90. The Bertz CT molecular complexity index is 5380. The summed E-state index contributed by atoms with van der Waals surface area (Å²) in [6.07, 6.45) is 26.4. The van der Waals surface area contributed by atoms with Crippen LogP contribution in [0.1, 0.15) is 158 Å². The summed E-state index contributed by atoms with van der Waals surface area (Å²) in [6, 6.07) is 37.9. The number of pyridine rings is 3. The lowest BCUT2D eigenvalue weighted by Gasteiger charge is -2.27.